The van der Waals surface area contributed by atoms with E-state index in [4.69, 9.17) is 4.74 Å². The van der Waals surface area contributed by atoms with Gasteiger partial charge in [0.1, 0.15) is 11.9 Å². The highest BCUT2D eigenvalue weighted by atomic mass is 19.1. The highest BCUT2D eigenvalue weighted by Gasteiger charge is 2.63. The lowest BCUT2D eigenvalue weighted by Gasteiger charge is -2.62. The Labute approximate surface area is 253 Å². The van der Waals surface area contributed by atoms with Gasteiger partial charge in [-0.3, -0.25) is 9.59 Å². The summed E-state index contributed by atoms with van der Waals surface area (Å²) < 4.78 is 20.2. The molecular weight excluding hydrogens is 525 g/mol. The van der Waals surface area contributed by atoms with Crippen molar-refractivity contribution in [3.63, 3.8) is 0 Å². The van der Waals surface area contributed by atoms with Crippen molar-refractivity contribution in [2.45, 2.75) is 119 Å². The predicted octanol–water partition coefficient (Wildman–Crippen LogP) is 9.00. The van der Waals surface area contributed by atoms with Gasteiger partial charge in [0.05, 0.1) is 5.56 Å². The van der Waals surface area contributed by atoms with Crippen LogP contribution in [0.15, 0.2) is 35.4 Å². The van der Waals surface area contributed by atoms with Crippen LogP contribution in [0.3, 0.4) is 0 Å². The fourth-order valence-corrected chi connectivity index (χ4v) is 10.8. The lowest BCUT2D eigenvalue weighted by molar-refractivity contribution is -0.167. The number of allylic oxidation sites excluding steroid dienone is 2. The number of ether oxygens (including phenoxy) is 1. The van der Waals surface area contributed by atoms with E-state index in [0.29, 0.717) is 30.8 Å². The van der Waals surface area contributed by atoms with Crippen LogP contribution in [-0.2, 0) is 9.53 Å². The quantitative estimate of drug-likeness (QED) is 0.239. The van der Waals surface area contributed by atoms with E-state index >= 15 is 0 Å². The molecule has 2 fully saturated rings. The first-order valence-electron chi connectivity index (χ1n) is 16.6. The standard InChI is InChI=1S/C37H54FNO3/c1-9-39(33(41)26-12-10-11-13-30(26)38)23-19-24(2)27-16-21-37(8)29-14-15-31-34(4,5)32(42-25(3)40)18-20-35(31,6)28(29)17-22-36(27,37)7/h10-13,24,27,31-32H,9,14-23H2,1-8H3/t24-,27-,31+,32+,35-,36-,37+/m1/s1. The molecule has 5 rings (SSSR count). The molecule has 4 aliphatic rings. The molecule has 232 valence electrons. The number of hydrogen-bond acceptors (Lipinski definition) is 3. The molecule has 1 aromatic carbocycles. The van der Waals surface area contributed by atoms with Crippen molar-refractivity contribution in [2.24, 2.45) is 39.4 Å². The summed E-state index contributed by atoms with van der Waals surface area (Å²) in [5.74, 6) is 0.836. The molecule has 0 bridgehead atoms. The van der Waals surface area contributed by atoms with Gasteiger partial charge in [-0.15, -0.1) is 0 Å². The fourth-order valence-electron chi connectivity index (χ4n) is 10.8. The summed E-state index contributed by atoms with van der Waals surface area (Å²) >= 11 is 0. The molecule has 2 saturated carbocycles. The van der Waals surface area contributed by atoms with E-state index in [1.807, 2.05) is 11.8 Å². The van der Waals surface area contributed by atoms with E-state index in [0.717, 1.165) is 19.3 Å². The number of carbonyl (C=O) groups excluding carboxylic acids is 2. The maximum atomic E-state index is 14.4. The molecule has 0 heterocycles. The third kappa shape index (κ3) is 4.76. The smallest absolute Gasteiger partial charge is 0.302 e. The van der Waals surface area contributed by atoms with Gasteiger partial charge in [-0.1, -0.05) is 64.8 Å². The molecule has 42 heavy (non-hydrogen) atoms. The number of amides is 1. The van der Waals surface area contributed by atoms with Crippen molar-refractivity contribution in [1.82, 2.24) is 4.90 Å². The van der Waals surface area contributed by atoms with Crippen molar-refractivity contribution in [3.8, 4) is 0 Å². The van der Waals surface area contributed by atoms with E-state index in [1.54, 1.807) is 36.3 Å². The molecule has 0 aliphatic heterocycles. The molecule has 0 spiro atoms. The lowest BCUT2D eigenvalue weighted by Crippen LogP contribution is -2.55. The largest absolute Gasteiger partial charge is 0.462 e. The minimum Gasteiger partial charge on any atom is -0.462 e. The first kappa shape index (κ1) is 31.3. The average molecular weight is 580 g/mol. The summed E-state index contributed by atoms with van der Waals surface area (Å²) in [6.07, 6.45) is 10.2. The topological polar surface area (TPSA) is 46.6 Å². The van der Waals surface area contributed by atoms with E-state index in [2.05, 4.69) is 41.5 Å². The van der Waals surface area contributed by atoms with Gasteiger partial charge in [0, 0.05) is 25.4 Å². The molecule has 0 radical (unpaired) electrons. The monoisotopic (exact) mass is 579 g/mol. The third-order valence-electron chi connectivity index (χ3n) is 13.4. The van der Waals surface area contributed by atoms with Gasteiger partial charge in [0.15, 0.2) is 0 Å². The first-order valence-corrected chi connectivity index (χ1v) is 16.6. The third-order valence-corrected chi connectivity index (χ3v) is 13.4. The zero-order valence-corrected chi connectivity index (χ0v) is 27.4. The second-order valence-corrected chi connectivity index (χ2v) is 15.4. The lowest BCUT2D eigenvalue weighted by atomic mass is 9.43. The van der Waals surface area contributed by atoms with Gasteiger partial charge >= 0.3 is 5.97 Å². The van der Waals surface area contributed by atoms with E-state index in [-0.39, 0.29) is 45.2 Å². The van der Waals surface area contributed by atoms with Crippen LogP contribution in [0.2, 0.25) is 0 Å². The first-order chi connectivity index (χ1) is 19.7. The number of hydrogen-bond donors (Lipinski definition) is 0. The molecule has 7 atom stereocenters. The molecule has 0 N–H and O–H groups in total. The fraction of sp³-hybridized carbons (Fsp3) is 0.730. The van der Waals surface area contributed by atoms with Gasteiger partial charge in [0.25, 0.3) is 5.91 Å². The number of nitrogens with zero attached hydrogens (tertiary/aromatic N) is 1. The number of fused-ring (bicyclic) bond motifs is 4. The number of benzene rings is 1. The van der Waals surface area contributed by atoms with Crippen molar-refractivity contribution in [3.05, 3.63) is 46.8 Å². The van der Waals surface area contributed by atoms with Gasteiger partial charge in [0.2, 0.25) is 0 Å². The van der Waals surface area contributed by atoms with Crippen LogP contribution in [0.1, 0.15) is 124 Å². The van der Waals surface area contributed by atoms with Crippen molar-refractivity contribution < 1.29 is 18.7 Å². The molecule has 0 aromatic heterocycles. The van der Waals surface area contributed by atoms with E-state index in [9.17, 15) is 14.0 Å². The van der Waals surface area contributed by atoms with Crippen LogP contribution in [0.4, 0.5) is 4.39 Å². The number of esters is 1. The minimum absolute atomic E-state index is 0.00401. The maximum Gasteiger partial charge on any atom is 0.302 e. The average Bonchev–Trinajstić information content (AvgIpc) is 3.21. The Hall–Kier alpha value is -2.17. The van der Waals surface area contributed by atoms with E-state index < -0.39 is 5.82 Å². The molecule has 5 heteroatoms. The molecule has 1 aromatic rings. The Kier molecular flexibility index (Phi) is 8.24. The minimum atomic E-state index is -0.439. The second-order valence-electron chi connectivity index (χ2n) is 15.4. The van der Waals surface area contributed by atoms with Crippen LogP contribution < -0.4 is 0 Å². The number of carbonyl (C=O) groups is 2. The summed E-state index contributed by atoms with van der Waals surface area (Å²) in [6.45, 7) is 19.5. The van der Waals surface area contributed by atoms with Gasteiger partial charge in [-0.25, -0.2) is 4.39 Å². The van der Waals surface area contributed by atoms with Gasteiger partial charge in [-0.05, 0) is 111 Å². The Morgan fingerprint density at radius 3 is 2.38 bits per heavy atom. The van der Waals surface area contributed by atoms with Crippen LogP contribution in [0.5, 0.6) is 0 Å². The Morgan fingerprint density at radius 2 is 1.71 bits per heavy atom. The zero-order chi connectivity index (χ0) is 30.7. The van der Waals surface area contributed by atoms with Crippen molar-refractivity contribution in [2.75, 3.05) is 13.1 Å². The molecular formula is C37H54FNO3. The van der Waals surface area contributed by atoms with Crippen LogP contribution in [-0.4, -0.2) is 36.0 Å². The maximum absolute atomic E-state index is 14.4. The molecule has 1 amide bonds. The van der Waals surface area contributed by atoms with Crippen LogP contribution >= 0.6 is 0 Å². The molecule has 4 aliphatic carbocycles. The molecule has 4 nitrogen and oxygen atoms in total. The van der Waals surface area contributed by atoms with E-state index in [1.165, 1.54) is 44.6 Å². The number of rotatable bonds is 7. The van der Waals surface area contributed by atoms with Crippen LogP contribution in [0.25, 0.3) is 0 Å². The molecule has 0 saturated heterocycles. The highest BCUT2D eigenvalue weighted by molar-refractivity contribution is 5.94. The van der Waals surface area contributed by atoms with Crippen molar-refractivity contribution >= 4 is 11.9 Å². The Morgan fingerprint density at radius 1 is 1.00 bits per heavy atom. The normalized spacial score (nSPS) is 36.0. The summed E-state index contributed by atoms with van der Waals surface area (Å²) in [5.41, 5.74) is 4.27. The van der Waals surface area contributed by atoms with Gasteiger partial charge < -0.3 is 9.64 Å². The molecule has 0 unspecified atom stereocenters. The van der Waals surface area contributed by atoms with Crippen molar-refractivity contribution in [1.29, 1.82) is 0 Å². The predicted molar refractivity (Wildman–Crippen MR) is 166 cm³/mol. The summed E-state index contributed by atoms with van der Waals surface area (Å²) in [7, 11) is 0. The van der Waals surface area contributed by atoms with Gasteiger partial charge in [-0.2, -0.15) is 0 Å². The summed E-state index contributed by atoms with van der Waals surface area (Å²) in [6, 6.07) is 6.34. The number of halogens is 1. The zero-order valence-electron chi connectivity index (χ0n) is 27.4. The SMILES string of the molecule is CCN(CC[C@@H](C)[C@H]1CC[C@@]2(C)C3=C(CC[C@]12C)[C@@]1(C)CC[C@H](OC(C)=O)C(C)(C)[C@@H]1CC3)C(=O)c1ccccc1F. The highest BCUT2D eigenvalue weighted by Crippen LogP contribution is 2.72. The summed E-state index contributed by atoms with van der Waals surface area (Å²) in [5, 5.41) is 0. The Balaban J connectivity index is 1.34. The summed E-state index contributed by atoms with van der Waals surface area (Å²) in [4.78, 5) is 26.9. The van der Waals surface area contributed by atoms with Crippen LogP contribution in [0, 0.1) is 45.2 Å². The second kappa shape index (κ2) is 11.1. The Bertz CT molecular complexity index is 1250.